The molecule has 6 aromatic carbocycles. The van der Waals surface area contributed by atoms with Crippen LogP contribution in [-0.2, 0) is 5.41 Å². The van der Waals surface area contributed by atoms with Crippen molar-refractivity contribution in [2.24, 2.45) is 0 Å². The molecule has 0 fully saturated rings. The number of hydrogen-bond acceptors (Lipinski definition) is 3. The number of para-hydroxylation sites is 4. The van der Waals surface area contributed by atoms with Gasteiger partial charge in [-0.2, -0.15) is 0 Å². The molecule has 0 bridgehead atoms. The first-order chi connectivity index (χ1) is 21.0. The van der Waals surface area contributed by atoms with Gasteiger partial charge in [-0.15, -0.1) is 0 Å². The average Bonchev–Trinajstić information content (AvgIpc) is 3.04. The largest absolute Gasteiger partial charge is 0.453 e. The summed E-state index contributed by atoms with van der Waals surface area (Å²) in [5.41, 5.74) is 12.8. The van der Waals surface area contributed by atoms with Crippen LogP contribution in [0.4, 0.5) is 34.1 Å². The molecular weight excluding hydrogens is 524 g/mol. The van der Waals surface area contributed by atoms with Gasteiger partial charge in [-0.25, -0.2) is 0 Å². The molecule has 0 radical (unpaired) electrons. The minimum Gasteiger partial charge on any atom is -0.453 e. The van der Waals surface area contributed by atoms with Gasteiger partial charge < -0.3 is 14.5 Å². The van der Waals surface area contributed by atoms with Crippen molar-refractivity contribution in [1.82, 2.24) is 0 Å². The molecule has 8 rings (SSSR count). The van der Waals surface area contributed by atoms with E-state index in [0.717, 1.165) is 39.9 Å². The van der Waals surface area contributed by atoms with Gasteiger partial charge in [0, 0.05) is 22.5 Å². The summed E-state index contributed by atoms with van der Waals surface area (Å²) in [4.78, 5) is 4.74. The second-order valence-electron chi connectivity index (χ2n) is 11.9. The maximum absolute atomic E-state index is 6.60. The van der Waals surface area contributed by atoms with Crippen LogP contribution in [0.1, 0.15) is 30.5 Å². The van der Waals surface area contributed by atoms with Gasteiger partial charge >= 0.3 is 0 Å². The topological polar surface area (TPSA) is 15.7 Å². The summed E-state index contributed by atoms with van der Waals surface area (Å²) in [6.07, 6.45) is 0. The molecule has 2 aliphatic rings. The Morgan fingerprint density at radius 3 is 1.86 bits per heavy atom. The lowest BCUT2D eigenvalue weighted by Crippen LogP contribution is -2.33. The van der Waals surface area contributed by atoms with Crippen molar-refractivity contribution in [2.75, 3.05) is 9.80 Å². The molecule has 208 valence electrons. The van der Waals surface area contributed by atoms with Crippen LogP contribution in [0, 0.1) is 6.92 Å². The van der Waals surface area contributed by atoms with E-state index in [1.54, 1.807) is 0 Å². The van der Waals surface area contributed by atoms with Crippen LogP contribution in [-0.4, -0.2) is 0 Å². The standard InChI is InChI=1S/C40H32N2O/c1-27-13-12-20-35-38(27)42-34-19-11-10-18-33(34)40(2,3)37-32(25-26-36(43-35)39(37)42)28-21-23-31(24-22-28)41(29-14-6-4-7-15-29)30-16-8-5-9-17-30/h4-26H,1-3H3. The number of nitrogens with zero attached hydrogens (tertiary/aromatic N) is 2. The summed E-state index contributed by atoms with van der Waals surface area (Å²) in [6.45, 7) is 6.86. The second-order valence-corrected chi connectivity index (χ2v) is 11.9. The third-order valence-electron chi connectivity index (χ3n) is 8.92. The molecule has 43 heavy (non-hydrogen) atoms. The van der Waals surface area contributed by atoms with Gasteiger partial charge in [0.1, 0.15) is 0 Å². The van der Waals surface area contributed by atoms with Crippen LogP contribution in [0.5, 0.6) is 11.5 Å². The number of anilines is 6. The van der Waals surface area contributed by atoms with E-state index in [0.29, 0.717) is 0 Å². The molecule has 2 heterocycles. The van der Waals surface area contributed by atoms with E-state index in [-0.39, 0.29) is 5.41 Å². The third-order valence-corrected chi connectivity index (χ3v) is 8.92. The zero-order chi connectivity index (χ0) is 29.1. The summed E-state index contributed by atoms with van der Waals surface area (Å²) in [5.74, 6) is 1.79. The van der Waals surface area contributed by atoms with Crippen molar-refractivity contribution < 1.29 is 4.74 Å². The number of benzene rings is 6. The third kappa shape index (κ3) is 3.89. The highest BCUT2D eigenvalue weighted by Crippen LogP contribution is 2.62. The molecule has 0 unspecified atom stereocenters. The van der Waals surface area contributed by atoms with Crippen LogP contribution in [0.3, 0.4) is 0 Å². The zero-order valence-corrected chi connectivity index (χ0v) is 24.6. The Bertz CT molecular complexity index is 1940. The van der Waals surface area contributed by atoms with Crippen LogP contribution >= 0.6 is 0 Å². The van der Waals surface area contributed by atoms with Gasteiger partial charge in [0.2, 0.25) is 0 Å². The maximum atomic E-state index is 6.60. The molecule has 0 N–H and O–H groups in total. The number of ether oxygens (including phenoxy) is 1. The van der Waals surface area contributed by atoms with E-state index in [1.807, 2.05) is 0 Å². The Morgan fingerprint density at radius 1 is 0.558 bits per heavy atom. The number of fused-ring (bicyclic) bond motifs is 4. The predicted octanol–water partition coefficient (Wildman–Crippen LogP) is 11.3. The molecule has 3 heteroatoms. The van der Waals surface area contributed by atoms with Crippen molar-refractivity contribution in [3.63, 3.8) is 0 Å². The minimum absolute atomic E-state index is 0.240. The Morgan fingerprint density at radius 2 is 1.16 bits per heavy atom. The van der Waals surface area contributed by atoms with Crippen LogP contribution < -0.4 is 14.5 Å². The van der Waals surface area contributed by atoms with Gasteiger partial charge in [0.15, 0.2) is 11.5 Å². The maximum Gasteiger partial charge on any atom is 0.151 e. The highest BCUT2D eigenvalue weighted by atomic mass is 16.5. The average molecular weight is 557 g/mol. The Balaban J connectivity index is 1.31. The fraction of sp³-hybridized carbons (Fsp3) is 0.100. The van der Waals surface area contributed by atoms with Crippen LogP contribution in [0.25, 0.3) is 11.1 Å². The molecular formula is C40H32N2O. The highest BCUT2D eigenvalue weighted by molar-refractivity contribution is 5.97. The molecule has 0 atom stereocenters. The lowest BCUT2D eigenvalue weighted by Gasteiger charge is -2.46. The highest BCUT2D eigenvalue weighted by Gasteiger charge is 2.43. The quantitative estimate of drug-likeness (QED) is 0.214. The Kier molecular flexibility index (Phi) is 5.70. The molecule has 3 nitrogen and oxygen atoms in total. The summed E-state index contributed by atoms with van der Waals surface area (Å²) >= 11 is 0. The molecule has 6 aromatic rings. The summed E-state index contributed by atoms with van der Waals surface area (Å²) in [7, 11) is 0. The SMILES string of the molecule is Cc1cccc2c1N1c3ccccc3C(C)(C)c3c(-c4ccc(N(c5ccccc5)c5ccccc5)cc4)ccc(c31)O2. The first-order valence-corrected chi connectivity index (χ1v) is 14.9. The zero-order valence-electron chi connectivity index (χ0n) is 24.6. The second kappa shape index (κ2) is 9.64. The molecule has 2 aliphatic heterocycles. The van der Waals surface area contributed by atoms with E-state index >= 15 is 0 Å². The minimum atomic E-state index is -0.240. The van der Waals surface area contributed by atoms with Crippen molar-refractivity contribution in [2.45, 2.75) is 26.2 Å². The number of hydrogen-bond donors (Lipinski definition) is 0. The molecule has 0 saturated carbocycles. The summed E-state index contributed by atoms with van der Waals surface area (Å²) in [6, 6.07) is 49.6. The van der Waals surface area contributed by atoms with E-state index < -0.39 is 0 Å². The first kappa shape index (κ1) is 25.4. The molecule has 0 amide bonds. The lowest BCUT2D eigenvalue weighted by molar-refractivity contribution is 0.471. The fourth-order valence-corrected chi connectivity index (χ4v) is 6.94. The Hall–Kier alpha value is -5.28. The first-order valence-electron chi connectivity index (χ1n) is 14.9. The van der Waals surface area contributed by atoms with Crippen molar-refractivity contribution in [3.8, 4) is 22.6 Å². The summed E-state index contributed by atoms with van der Waals surface area (Å²) < 4.78 is 6.60. The van der Waals surface area contributed by atoms with Gasteiger partial charge in [-0.1, -0.05) is 98.8 Å². The molecule has 0 aliphatic carbocycles. The summed E-state index contributed by atoms with van der Waals surface area (Å²) in [5, 5.41) is 0. The lowest BCUT2D eigenvalue weighted by atomic mass is 9.70. The number of aryl methyl sites for hydroxylation is 1. The van der Waals surface area contributed by atoms with E-state index in [4.69, 9.17) is 4.74 Å². The normalized spacial score (nSPS) is 13.8. The predicted molar refractivity (Wildman–Crippen MR) is 178 cm³/mol. The van der Waals surface area contributed by atoms with Gasteiger partial charge in [0.05, 0.1) is 17.1 Å². The van der Waals surface area contributed by atoms with Gasteiger partial charge in [-0.3, -0.25) is 0 Å². The molecule has 0 saturated heterocycles. The van der Waals surface area contributed by atoms with E-state index in [2.05, 4.69) is 170 Å². The van der Waals surface area contributed by atoms with E-state index in [9.17, 15) is 0 Å². The van der Waals surface area contributed by atoms with Gasteiger partial charge in [-0.05, 0) is 89.3 Å². The smallest absolute Gasteiger partial charge is 0.151 e. The van der Waals surface area contributed by atoms with Crippen molar-refractivity contribution in [3.05, 3.63) is 156 Å². The van der Waals surface area contributed by atoms with Crippen molar-refractivity contribution >= 4 is 34.1 Å². The van der Waals surface area contributed by atoms with Crippen molar-refractivity contribution in [1.29, 1.82) is 0 Å². The monoisotopic (exact) mass is 556 g/mol. The number of rotatable bonds is 4. The molecule has 0 spiro atoms. The Labute approximate surface area is 253 Å². The molecule has 0 aromatic heterocycles. The fourth-order valence-electron chi connectivity index (χ4n) is 6.94. The van der Waals surface area contributed by atoms with Gasteiger partial charge in [0.25, 0.3) is 0 Å². The van der Waals surface area contributed by atoms with E-state index in [1.165, 1.54) is 33.5 Å². The van der Waals surface area contributed by atoms with Crippen LogP contribution in [0.2, 0.25) is 0 Å². The van der Waals surface area contributed by atoms with Crippen LogP contribution in [0.15, 0.2) is 140 Å².